The smallest absolute Gasteiger partial charge is 0.252 e. The van der Waals surface area contributed by atoms with Gasteiger partial charge >= 0.3 is 0 Å². The molecule has 23 heavy (non-hydrogen) atoms. The largest absolute Gasteiger partial charge is 0.487 e. The Balaban J connectivity index is 0.00000192. The third kappa shape index (κ3) is 4.00. The molecule has 0 saturated carbocycles. The van der Waals surface area contributed by atoms with Gasteiger partial charge in [0.1, 0.15) is 11.4 Å². The third-order valence-corrected chi connectivity index (χ3v) is 5.13. The maximum absolute atomic E-state index is 12.4. The normalized spacial score (nSPS) is 18.3. The average Bonchev–Trinajstić information content (AvgIpc) is 2.85. The summed E-state index contributed by atoms with van der Waals surface area (Å²) in [6.07, 6.45) is 0.695. The standard InChI is InChI=1S/C16H17BrN2O2S.ClH/c1-16(2)7-12(11-6-10(18)3-4-13(11)21-16)19-15(20)9-5-14(17)22-8-9;/h3-6,8,12H,7,18H2,1-2H3,(H,19,20);1H. The Kier molecular flexibility index (Phi) is 5.28. The van der Waals surface area contributed by atoms with Gasteiger partial charge in [0, 0.05) is 23.1 Å². The Hall–Kier alpha value is -1.24. The first-order valence-electron chi connectivity index (χ1n) is 6.97. The molecule has 124 valence electrons. The molecule has 0 spiro atoms. The molecule has 2 heterocycles. The van der Waals surface area contributed by atoms with Gasteiger partial charge in [-0.1, -0.05) is 0 Å². The number of nitrogen functional groups attached to an aromatic ring is 1. The van der Waals surface area contributed by atoms with Crippen molar-refractivity contribution >= 4 is 51.3 Å². The van der Waals surface area contributed by atoms with E-state index in [9.17, 15) is 4.79 Å². The van der Waals surface area contributed by atoms with Crippen LogP contribution in [0.4, 0.5) is 5.69 Å². The van der Waals surface area contributed by atoms with E-state index >= 15 is 0 Å². The van der Waals surface area contributed by atoms with Gasteiger partial charge in [-0.2, -0.15) is 0 Å². The summed E-state index contributed by atoms with van der Waals surface area (Å²) >= 11 is 4.87. The highest BCUT2D eigenvalue weighted by Crippen LogP contribution is 2.40. The molecule has 1 atom stereocenters. The fourth-order valence-electron chi connectivity index (χ4n) is 2.67. The van der Waals surface area contributed by atoms with Crippen LogP contribution in [0.15, 0.2) is 33.4 Å². The van der Waals surface area contributed by atoms with Crippen LogP contribution in [0.2, 0.25) is 0 Å². The van der Waals surface area contributed by atoms with E-state index in [4.69, 9.17) is 10.5 Å². The predicted octanol–water partition coefficient (Wildman–Crippen LogP) is 4.55. The van der Waals surface area contributed by atoms with Gasteiger partial charge in [0.25, 0.3) is 5.91 Å². The molecule has 1 amide bonds. The predicted molar refractivity (Wildman–Crippen MR) is 99.7 cm³/mol. The molecule has 0 saturated heterocycles. The maximum atomic E-state index is 12.4. The summed E-state index contributed by atoms with van der Waals surface area (Å²) in [7, 11) is 0. The van der Waals surface area contributed by atoms with E-state index in [0.717, 1.165) is 15.1 Å². The van der Waals surface area contributed by atoms with Crippen molar-refractivity contribution in [1.82, 2.24) is 5.32 Å². The summed E-state index contributed by atoms with van der Waals surface area (Å²) in [5, 5.41) is 4.94. The molecule has 0 fully saturated rings. The van der Waals surface area contributed by atoms with Crippen molar-refractivity contribution in [3.63, 3.8) is 0 Å². The van der Waals surface area contributed by atoms with Crippen molar-refractivity contribution in [3.05, 3.63) is 44.6 Å². The number of carbonyl (C=O) groups excluding carboxylic acids is 1. The second-order valence-corrected chi connectivity index (χ2v) is 8.32. The van der Waals surface area contributed by atoms with Gasteiger partial charge in [-0.05, 0) is 54.0 Å². The van der Waals surface area contributed by atoms with E-state index in [0.29, 0.717) is 17.7 Å². The van der Waals surface area contributed by atoms with Gasteiger partial charge in [-0.15, -0.1) is 23.7 Å². The number of hydrogen-bond acceptors (Lipinski definition) is 4. The van der Waals surface area contributed by atoms with E-state index in [2.05, 4.69) is 21.2 Å². The molecule has 1 aliphatic rings. The maximum Gasteiger partial charge on any atom is 0.252 e. The fraction of sp³-hybridized carbons (Fsp3) is 0.312. The lowest BCUT2D eigenvalue weighted by Gasteiger charge is -2.38. The number of benzene rings is 1. The van der Waals surface area contributed by atoms with Gasteiger partial charge in [-0.3, -0.25) is 4.79 Å². The number of anilines is 1. The van der Waals surface area contributed by atoms with Gasteiger partial charge in [0.05, 0.1) is 15.4 Å². The molecule has 0 bridgehead atoms. The van der Waals surface area contributed by atoms with Gasteiger partial charge < -0.3 is 15.8 Å². The number of fused-ring (bicyclic) bond motifs is 1. The molecule has 1 aromatic heterocycles. The third-order valence-electron chi connectivity index (χ3n) is 3.63. The van der Waals surface area contributed by atoms with Crippen molar-refractivity contribution in [2.75, 3.05) is 5.73 Å². The van der Waals surface area contributed by atoms with Crippen LogP contribution in [0.25, 0.3) is 0 Å². The first-order valence-corrected chi connectivity index (χ1v) is 8.65. The van der Waals surface area contributed by atoms with Gasteiger partial charge in [0.15, 0.2) is 0 Å². The fourth-order valence-corrected chi connectivity index (χ4v) is 3.81. The second kappa shape index (κ2) is 6.71. The average molecular weight is 418 g/mol. The highest BCUT2D eigenvalue weighted by Gasteiger charge is 2.34. The number of nitrogens with two attached hydrogens (primary N) is 1. The van der Waals surface area contributed by atoms with Crippen LogP contribution in [-0.4, -0.2) is 11.5 Å². The number of hydrogen-bond donors (Lipinski definition) is 2. The first kappa shape index (κ1) is 18.1. The van der Waals surface area contributed by atoms with Crippen LogP contribution in [-0.2, 0) is 0 Å². The number of halogens is 2. The van der Waals surface area contributed by atoms with Crippen molar-refractivity contribution < 1.29 is 9.53 Å². The summed E-state index contributed by atoms with van der Waals surface area (Å²) in [6.45, 7) is 4.04. The molecule has 4 nitrogen and oxygen atoms in total. The minimum Gasteiger partial charge on any atom is -0.487 e. The molecule has 3 N–H and O–H groups in total. The molecule has 1 aromatic carbocycles. The first-order chi connectivity index (χ1) is 10.3. The van der Waals surface area contributed by atoms with E-state index < -0.39 is 0 Å². The molecule has 1 unspecified atom stereocenters. The van der Waals surface area contributed by atoms with E-state index in [1.807, 2.05) is 43.5 Å². The zero-order valence-electron chi connectivity index (χ0n) is 12.8. The van der Waals surface area contributed by atoms with Gasteiger partial charge in [0.2, 0.25) is 0 Å². The molecule has 1 aliphatic heterocycles. The van der Waals surface area contributed by atoms with Crippen LogP contribution >= 0.6 is 39.7 Å². The monoisotopic (exact) mass is 416 g/mol. The number of carbonyl (C=O) groups is 1. The van der Waals surface area contributed by atoms with E-state index in [1.54, 1.807) is 0 Å². The van der Waals surface area contributed by atoms with Crippen LogP contribution in [0.3, 0.4) is 0 Å². The lowest BCUT2D eigenvalue weighted by atomic mass is 9.89. The Morgan fingerprint density at radius 3 is 2.83 bits per heavy atom. The summed E-state index contributed by atoms with van der Waals surface area (Å²) in [4.78, 5) is 12.4. The number of nitrogens with one attached hydrogen (secondary N) is 1. The SMILES string of the molecule is CC1(C)CC(NC(=O)c2csc(Br)c2)c2cc(N)ccc2O1.Cl. The highest BCUT2D eigenvalue weighted by atomic mass is 79.9. The van der Waals surface area contributed by atoms with Crippen molar-refractivity contribution in [2.45, 2.75) is 31.9 Å². The van der Waals surface area contributed by atoms with Crippen LogP contribution in [0.1, 0.15) is 42.2 Å². The molecule has 2 aromatic rings. The summed E-state index contributed by atoms with van der Waals surface area (Å²) in [5.41, 5.74) is 7.80. The Labute approximate surface area is 153 Å². The van der Waals surface area contributed by atoms with Crippen LogP contribution < -0.4 is 15.8 Å². The Morgan fingerprint density at radius 1 is 1.43 bits per heavy atom. The number of amides is 1. The lowest BCUT2D eigenvalue weighted by molar-refractivity contribution is 0.0620. The van der Waals surface area contributed by atoms with Crippen LogP contribution in [0, 0.1) is 0 Å². The number of ether oxygens (including phenoxy) is 1. The van der Waals surface area contributed by atoms with Crippen LogP contribution in [0.5, 0.6) is 5.75 Å². The second-order valence-electron chi connectivity index (χ2n) is 6.03. The highest BCUT2D eigenvalue weighted by molar-refractivity contribution is 9.11. The van der Waals surface area contributed by atoms with Crippen molar-refractivity contribution in [1.29, 1.82) is 0 Å². The summed E-state index contributed by atoms with van der Waals surface area (Å²) < 4.78 is 6.92. The van der Waals surface area contributed by atoms with Gasteiger partial charge in [-0.25, -0.2) is 0 Å². The number of rotatable bonds is 2. The quantitative estimate of drug-likeness (QED) is 0.705. The molecule has 0 radical (unpaired) electrons. The minimum absolute atomic E-state index is 0. The zero-order chi connectivity index (χ0) is 15.9. The van der Waals surface area contributed by atoms with E-state index in [1.165, 1.54) is 11.3 Å². The minimum atomic E-state index is -0.337. The number of thiophene rings is 1. The molecular formula is C16H18BrClN2O2S. The Bertz CT molecular complexity index is 733. The van der Waals surface area contributed by atoms with E-state index in [-0.39, 0.29) is 30.0 Å². The zero-order valence-corrected chi connectivity index (χ0v) is 16.0. The molecule has 7 heteroatoms. The Morgan fingerprint density at radius 2 is 2.17 bits per heavy atom. The summed E-state index contributed by atoms with van der Waals surface area (Å²) in [6, 6.07) is 7.26. The molecule has 0 aliphatic carbocycles. The summed E-state index contributed by atoms with van der Waals surface area (Å²) in [5.74, 6) is 0.695. The van der Waals surface area contributed by atoms with Crippen molar-refractivity contribution in [3.8, 4) is 5.75 Å². The molecule has 3 rings (SSSR count). The lowest BCUT2D eigenvalue weighted by Crippen LogP contribution is -2.41. The van der Waals surface area contributed by atoms with Crippen molar-refractivity contribution in [2.24, 2.45) is 0 Å². The topological polar surface area (TPSA) is 64.4 Å². The molecular weight excluding hydrogens is 400 g/mol.